The first-order valence-electron chi connectivity index (χ1n) is 14.9. The van der Waals surface area contributed by atoms with Crippen molar-refractivity contribution in [1.29, 1.82) is 0 Å². The van der Waals surface area contributed by atoms with Gasteiger partial charge < -0.3 is 24.1 Å². The Morgan fingerprint density at radius 1 is 1.07 bits per heavy atom. The quantitative estimate of drug-likeness (QED) is 0.190. The predicted molar refractivity (Wildman–Crippen MR) is 165 cm³/mol. The number of carbonyl (C=O) groups excluding carboxylic acids is 2. The Balaban J connectivity index is 1.37. The highest BCUT2D eigenvalue weighted by Crippen LogP contribution is 2.40. The zero-order valence-electron chi connectivity index (χ0n) is 24.9. The van der Waals surface area contributed by atoms with E-state index < -0.39 is 5.25 Å². The molecule has 1 unspecified atom stereocenters. The number of thioether (sulfide) groups is 1. The van der Waals surface area contributed by atoms with E-state index in [-0.39, 0.29) is 11.9 Å². The van der Waals surface area contributed by atoms with E-state index in [0.29, 0.717) is 41.1 Å². The zero-order chi connectivity index (χ0) is 29.6. The second kappa shape index (κ2) is 13.9. The summed E-state index contributed by atoms with van der Waals surface area (Å²) >= 11 is 2.93. The van der Waals surface area contributed by atoms with E-state index in [1.165, 1.54) is 47.2 Å². The summed E-state index contributed by atoms with van der Waals surface area (Å²) in [7, 11) is 3.26. The molecule has 0 bridgehead atoms. The number of nitrogens with zero attached hydrogens (tertiary/aromatic N) is 3. The molecule has 42 heavy (non-hydrogen) atoms. The van der Waals surface area contributed by atoms with Crippen molar-refractivity contribution in [1.82, 2.24) is 14.8 Å². The maximum Gasteiger partial charge on any atom is 0.341 e. The third kappa shape index (κ3) is 6.62. The van der Waals surface area contributed by atoms with Gasteiger partial charge in [-0.1, -0.05) is 37.1 Å². The molecule has 0 aliphatic heterocycles. The lowest BCUT2D eigenvalue weighted by Crippen LogP contribution is -2.24. The van der Waals surface area contributed by atoms with Gasteiger partial charge in [-0.25, -0.2) is 4.79 Å². The number of ether oxygens (including phenoxy) is 3. The maximum absolute atomic E-state index is 13.5. The lowest BCUT2D eigenvalue weighted by molar-refractivity contribution is -0.115. The number of anilines is 1. The number of benzene rings is 1. The normalized spacial score (nSPS) is 16.0. The standard InChI is InChI=1S/C31H40N4O5S2/c1-5-40-30(37)27-22-13-9-10-14-25(22)42-29(27)32-28(36)19(2)41-31-34-33-26(35(31)21-11-7-6-8-12-21)18-20-15-16-23(38-3)24(17-20)39-4/h15-17,19,21H,5-14,18H2,1-4H3,(H,32,36). The maximum atomic E-state index is 13.5. The molecular formula is C31H40N4O5S2. The molecule has 0 radical (unpaired) electrons. The van der Waals surface area contributed by atoms with E-state index in [2.05, 4.69) is 20.1 Å². The number of methoxy groups -OCH3 is 2. The van der Waals surface area contributed by atoms with E-state index in [4.69, 9.17) is 14.2 Å². The number of aryl methyl sites for hydroxylation is 1. The summed E-state index contributed by atoms with van der Waals surface area (Å²) in [4.78, 5) is 27.6. The van der Waals surface area contributed by atoms with Crippen LogP contribution in [0.2, 0.25) is 0 Å². The van der Waals surface area contributed by atoms with E-state index >= 15 is 0 Å². The topological polar surface area (TPSA) is 105 Å². The van der Waals surface area contributed by atoms with Gasteiger partial charge in [-0.15, -0.1) is 21.5 Å². The summed E-state index contributed by atoms with van der Waals surface area (Å²) < 4.78 is 18.5. The van der Waals surface area contributed by atoms with Crippen molar-refractivity contribution in [2.45, 2.75) is 94.5 Å². The number of thiophene rings is 1. The highest BCUT2D eigenvalue weighted by atomic mass is 32.2. The zero-order valence-corrected chi connectivity index (χ0v) is 26.5. The van der Waals surface area contributed by atoms with Gasteiger partial charge in [-0.2, -0.15) is 0 Å². The van der Waals surface area contributed by atoms with Gasteiger partial charge in [0.2, 0.25) is 5.91 Å². The first-order valence-corrected chi connectivity index (χ1v) is 16.6. The molecule has 226 valence electrons. The summed E-state index contributed by atoms with van der Waals surface area (Å²) in [5, 5.41) is 13.2. The number of nitrogens with one attached hydrogen (secondary N) is 1. The van der Waals surface area contributed by atoms with Gasteiger partial charge in [0.25, 0.3) is 0 Å². The second-order valence-electron chi connectivity index (χ2n) is 10.8. The monoisotopic (exact) mass is 612 g/mol. The summed E-state index contributed by atoms with van der Waals surface area (Å²) in [6.07, 6.45) is 10.2. The molecule has 1 aromatic carbocycles. The van der Waals surface area contributed by atoms with Crippen molar-refractivity contribution >= 4 is 40.0 Å². The highest BCUT2D eigenvalue weighted by molar-refractivity contribution is 8.00. The number of rotatable bonds is 11. The molecule has 1 atom stereocenters. The number of aromatic nitrogens is 3. The van der Waals surface area contributed by atoms with Gasteiger partial charge in [0.15, 0.2) is 16.7 Å². The number of esters is 1. The minimum Gasteiger partial charge on any atom is -0.493 e. The van der Waals surface area contributed by atoms with Gasteiger partial charge in [0.1, 0.15) is 10.8 Å². The third-order valence-electron chi connectivity index (χ3n) is 8.02. The number of carbonyl (C=O) groups is 2. The smallest absolute Gasteiger partial charge is 0.341 e. The molecule has 1 saturated carbocycles. The van der Waals surface area contributed by atoms with Crippen LogP contribution in [0.1, 0.15) is 97.0 Å². The summed E-state index contributed by atoms with van der Waals surface area (Å²) in [6, 6.07) is 6.20. The van der Waals surface area contributed by atoms with E-state index in [0.717, 1.165) is 60.6 Å². The SMILES string of the molecule is CCOC(=O)c1c(NC(=O)C(C)Sc2nnc(Cc3ccc(OC)c(OC)c3)n2C2CCCCC2)sc2c1CCCC2. The first kappa shape index (κ1) is 30.4. The Bertz CT molecular complexity index is 1410. The Morgan fingerprint density at radius 2 is 1.83 bits per heavy atom. The molecule has 9 nitrogen and oxygen atoms in total. The van der Waals surface area contributed by atoms with Crippen LogP contribution in [0.3, 0.4) is 0 Å². The van der Waals surface area contributed by atoms with Crippen molar-refractivity contribution in [2.24, 2.45) is 0 Å². The lowest BCUT2D eigenvalue weighted by Gasteiger charge is -2.26. The minimum atomic E-state index is -0.445. The van der Waals surface area contributed by atoms with Crippen molar-refractivity contribution in [2.75, 3.05) is 26.1 Å². The highest BCUT2D eigenvalue weighted by Gasteiger charge is 2.30. The molecular weight excluding hydrogens is 572 g/mol. The van der Waals surface area contributed by atoms with Crippen LogP contribution >= 0.6 is 23.1 Å². The van der Waals surface area contributed by atoms with Gasteiger partial charge in [0, 0.05) is 17.3 Å². The van der Waals surface area contributed by atoms with Crippen molar-refractivity contribution < 1.29 is 23.8 Å². The molecule has 1 N–H and O–H groups in total. The molecule has 2 aromatic heterocycles. The number of amides is 1. The molecule has 1 fully saturated rings. The Hall–Kier alpha value is -3.05. The Labute approximate surface area is 255 Å². The summed E-state index contributed by atoms with van der Waals surface area (Å²) in [6.45, 7) is 3.98. The van der Waals surface area contributed by atoms with Gasteiger partial charge in [-0.3, -0.25) is 4.79 Å². The molecule has 1 amide bonds. The average molecular weight is 613 g/mol. The van der Waals surface area contributed by atoms with Crippen LogP contribution in [-0.2, 0) is 28.8 Å². The minimum absolute atomic E-state index is 0.163. The molecule has 0 spiro atoms. The van der Waals surface area contributed by atoms with Crippen molar-refractivity contribution in [3.63, 3.8) is 0 Å². The molecule has 2 heterocycles. The Morgan fingerprint density at radius 3 is 2.57 bits per heavy atom. The fraction of sp³-hybridized carbons (Fsp3) is 0.548. The van der Waals surface area contributed by atoms with E-state index in [9.17, 15) is 9.59 Å². The fourth-order valence-corrected chi connectivity index (χ4v) is 8.10. The molecule has 0 saturated heterocycles. The third-order valence-corrected chi connectivity index (χ3v) is 10.3. The average Bonchev–Trinajstić information content (AvgIpc) is 3.57. The molecule has 5 rings (SSSR count). The molecule has 2 aliphatic carbocycles. The number of hydrogen-bond acceptors (Lipinski definition) is 9. The first-order chi connectivity index (χ1) is 20.4. The van der Waals surface area contributed by atoms with Gasteiger partial charge in [0.05, 0.1) is 31.6 Å². The summed E-state index contributed by atoms with van der Waals surface area (Å²) in [5.74, 6) is 1.72. The van der Waals surface area contributed by atoms with E-state index in [1.54, 1.807) is 21.1 Å². The Kier molecular flexibility index (Phi) is 10.1. The summed E-state index contributed by atoms with van der Waals surface area (Å²) in [5.41, 5.74) is 2.62. The molecule has 3 aromatic rings. The van der Waals surface area contributed by atoms with Crippen LogP contribution in [-0.4, -0.2) is 52.7 Å². The van der Waals surface area contributed by atoms with E-state index in [1.807, 2.05) is 25.1 Å². The van der Waals surface area contributed by atoms with Crippen molar-refractivity contribution in [3.8, 4) is 11.5 Å². The van der Waals surface area contributed by atoms with Crippen molar-refractivity contribution in [3.05, 3.63) is 45.6 Å². The number of hydrogen-bond donors (Lipinski definition) is 1. The van der Waals surface area contributed by atoms with Crippen LogP contribution in [0.4, 0.5) is 5.00 Å². The molecule has 2 aliphatic rings. The fourth-order valence-electron chi connectivity index (χ4n) is 5.89. The van der Waals surface area contributed by atoms with Crippen LogP contribution < -0.4 is 14.8 Å². The largest absolute Gasteiger partial charge is 0.493 e. The van der Waals surface area contributed by atoms with Crippen LogP contribution in [0.5, 0.6) is 11.5 Å². The van der Waals surface area contributed by atoms with Crippen LogP contribution in [0, 0.1) is 0 Å². The van der Waals surface area contributed by atoms with Crippen LogP contribution in [0.15, 0.2) is 23.4 Å². The molecule has 11 heteroatoms. The number of fused-ring (bicyclic) bond motifs is 1. The second-order valence-corrected chi connectivity index (χ2v) is 13.2. The predicted octanol–water partition coefficient (Wildman–Crippen LogP) is 6.63. The van der Waals surface area contributed by atoms with Gasteiger partial charge in [-0.05, 0) is 75.6 Å². The van der Waals surface area contributed by atoms with Gasteiger partial charge >= 0.3 is 5.97 Å². The lowest BCUT2D eigenvalue weighted by atomic mass is 9.95. The van der Waals surface area contributed by atoms with Crippen LogP contribution in [0.25, 0.3) is 0 Å².